The largest absolute Gasteiger partial charge is 0.489 e. The smallest absolute Gasteiger partial charge is 0.335 e. The van der Waals surface area contributed by atoms with Crippen molar-refractivity contribution in [2.45, 2.75) is 59.1 Å². The van der Waals surface area contributed by atoms with Crippen LogP contribution >= 0.6 is 15.9 Å². The normalized spacial score (nSPS) is 11.6. The number of aliphatic imine (C=N–C) groups is 2. The van der Waals surface area contributed by atoms with Crippen molar-refractivity contribution in [2.24, 2.45) is 9.98 Å². The van der Waals surface area contributed by atoms with E-state index in [1.54, 1.807) is 24.4 Å². The summed E-state index contributed by atoms with van der Waals surface area (Å²) in [5.41, 5.74) is 4.29. The number of hydrogen-bond acceptors (Lipinski definition) is 6. The monoisotopic (exact) mass is 619 g/mol. The molecule has 0 aliphatic rings. The van der Waals surface area contributed by atoms with E-state index in [2.05, 4.69) is 51.7 Å². The summed E-state index contributed by atoms with van der Waals surface area (Å²) in [6, 6.07) is 18.8. The van der Waals surface area contributed by atoms with Gasteiger partial charge in [0.1, 0.15) is 12.4 Å². The first-order valence-corrected chi connectivity index (χ1v) is 14.7. The Hall–Kier alpha value is -3.91. The van der Waals surface area contributed by atoms with Crippen LogP contribution in [0.5, 0.6) is 5.75 Å². The third-order valence-electron chi connectivity index (χ3n) is 6.29. The molecule has 41 heavy (non-hydrogen) atoms. The van der Waals surface area contributed by atoms with E-state index in [0.29, 0.717) is 36.6 Å². The number of carboxylic acid groups (broad SMARTS) is 1. The summed E-state index contributed by atoms with van der Waals surface area (Å²) >= 11 is 3.60. The van der Waals surface area contributed by atoms with Gasteiger partial charge in [0.15, 0.2) is 0 Å². The van der Waals surface area contributed by atoms with Gasteiger partial charge in [0, 0.05) is 34.1 Å². The average molecular weight is 621 g/mol. The topological polar surface area (TPSA) is 92.5 Å². The Bertz CT molecular complexity index is 1360. The van der Waals surface area contributed by atoms with Crippen LogP contribution in [0.1, 0.15) is 73.5 Å². The molecule has 2 N–H and O–H groups in total. The Balaban J connectivity index is 1.74. The van der Waals surface area contributed by atoms with Gasteiger partial charge < -0.3 is 19.9 Å². The Kier molecular flexibility index (Phi) is 12.6. The minimum absolute atomic E-state index is 0.202. The number of aromatic carboxylic acids is 1. The average Bonchev–Trinajstić information content (AvgIpc) is 2.97. The van der Waals surface area contributed by atoms with Crippen molar-refractivity contribution in [1.29, 1.82) is 0 Å². The third kappa shape index (κ3) is 9.60. The molecule has 0 aliphatic carbocycles. The molecule has 0 radical (unpaired) electrons. The molecule has 0 amide bonds. The second-order valence-corrected chi connectivity index (χ2v) is 10.3. The van der Waals surface area contributed by atoms with Crippen molar-refractivity contribution in [3.05, 3.63) is 100 Å². The lowest BCUT2D eigenvalue weighted by atomic mass is 10.1. The summed E-state index contributed by atoms with van der Waals surface area (Å²) in [5, 5.41) is 13.1. The predicted octanol–water partition coefficient (Wildman–Crippen LogP) is 8.78. The predicted molar refractivity (Wildman–Crippen MR) is 171 cm³/mol. The molecule has 7 nitrogen and oxygen atoms in total. The van der Waals surface area contributed by atoms with Crippen molar-refractivity contribution >= 4 is 45.4 Å². The van der Waals surface area contributed by atoms with Gasteiger partial charge in [-0.3, -0.25) is 4.99 Å². The second-order valence-electron chi connectivity index (χ2n) is 9.43. The molecule has 3 aromatic carbocycles. The SMILES string of the molecule is C=CN=C(OCC)c1ccc(Br)c(COc2ccc(C=Nc3cc(C(=O)O)ccc3NC(CCC)CCC)cc2)c1. The fourth-order valence-electron chi connectivity index (χ4n) is 4.29. The highest BCUT2D eigenvalue weighted by atomic mass is 79.9. The van der Waals surface area contributed by atoms with E-state index in [1.165, 1.54) is 6.20 Å². The van der Waals surface area contributed by atoms with Gasteiger partial charge in [0.05, 0.1) is 23.5 Å². The minimum Gasteiger partial charge on any atom is -0.489 e. The summed E-state index contributed by atoms with van der Waals surface area (Å²) in [6.07, 6.45) is 7.41. The highest BCUT2D eigenvalue weighted by Crippen LogP contribution is 2.29. The quantitative estimate of drug-likeness (QED) is 0.131. The minimum atomic E-state index is -0.979. The molecule has 0 aliphatic heterocycles. The number of carboxylic acids is 1. The standard InChI is InChI=1S/C33H38BrN3O4/c1-5-9-27(10-6-2)37-30-18-14-25(33(38)39)20-31(30)36-21-23-11-15-28(16-12-23)41-22-26-19-24(13-17-29(26)34)32(35-7-3)40-8-4/h7,11-21,27,37H,3,5-6,8-10,22H2,1-2,4H3,(H,38,39). The molecule has 0 heterocycles. The lowest BCUT2D eigenvalue weighted by Gasteiger charge is -2.20. The number of rotatable bonds is 15. The molecule has 0 spiro atoms. The van der Waals surface area contributed by atoms with Crippen molar-refractivity contribution in [3.8, 4) is 5.75 Å². The maximum atomic E-state index is 11.6. The third-order valence-corrected chi connectivity index (χ3v) is 7.06. The first kappa shape index (κ1) is 31.6. The number of ether oxygens (including phenoxy) is 2. The van der Waals surface area contributed by atoms with Crippen LogP contribution in [-0.4, -0.2) is 35.8 Å². The molecule has 0 unspecified atom stereocenters. The van der Waals surface area contributed by atoms with Crippen molar-refractivity contribution in [1.82, 2.24) is 0 Å². The van der Waals surface area contributed by atoms with Crippen LogP contribution in [0.15, 0.2) is 87.9 Å². The molecule has 0 atom stereocenters. The molecule has 0 saturated heterocycles. The molecule has 3 aromatic rings. The highest BCUT2D eigenvalue weighted by Gasteiger charge is 2.13. The Morgan fingerprint density at radius 1 is 1.02 bits per heavy atom. The van der Waals surface area contributed by atoms with Gasteiger partial charge in [-0.2, -0.15) is 0 Å². The van der Waals surface area contributed by atoms with Crippen LogP contribution < -0.4 is 10.1 Å². The van der Waals surface area contributed by atoms with Gasteiger partial charge in [-0.15, -0.1) is 0 Å². The lowest BCUT2D eigenvalue weighted by molar-refractivity contribution is 0.0697. The van der Waals surface area contributed by atoms with E-state index >= 15 is 0 Å². The Morgan fingerprint density at radius 3 is 2.37 bits per heavy atom. The van der Waals surface area contributed by atoms with Gasteiger partial charge in [0.25, 0.3) is 0 Å². The summed E-state index contributed by atoms with van der Waals surface area (Å²) in [5.74, 6) is 0.243. The lowest BCUT2D eigenvalue weighted by Crippen LogP contribution is -2.19. The summed E-state index contributed by atoms with van der Waals surface area (Å²) in [7, 11) is 0. The number of hydrogen-bond donors (Lipinski definition) is 2. The molecule has 0 bridgehead atoms. The van der Waals surface area contributed by atoms with Crippen molar-refractivity contribution in [3.63, 3.8) is 0 Å². The fourth-order valence-corrected chi connectivity index (χ4v) is 4.65. The molecule has 0 fully saturated rings. The zero-order chi connectivity index (χ0) is 29.6. The molecule has 8 heteroatoms. The molecule has 3 rings (SSSR count). The fraction of sp³-hybridized carbons (Fsp3) is 0.303. The summed E-state index contributed by atoms with van der Waals surface area (Å²) < 4.78 is 12.6. The number of benzene rings is 3. The maximum absolute atomic E-state index is 11.6. The number of nitrogens with one attached hydrogen (secondary N) is 1. The second kappa shape index (κ2) is 16.4. The summed E-state index contributed by atoms with van der Waals surface area (Å²) in [6.45, 7) is 10.8. The molecule has 0 saturated carbocycles. The van der Waals surface area contributed by atoms with Crippen LogP contribution in [0, 0.1) is 0 Å². The number of nitrogens with zero attached hydrogens (tertiary/aromatic N) is 2. The Morgan fingerprint density at radius 2 is 1.73 bits per heavy atom. The zero-order valence-corrected chi connectivity index (χ0v) is 25.5. The van der Waals surface area contributed by atoms with E-state index in [0.717, 1.165) is 52.5 Å². The molecular weight excluding hydrogens is 582 g/mol. The number of halogens is 1. The first-order valence-electron chi connectivity index (χ1n) is 13.9. The van der Waals surface area contributed by atoms with Crippen molar-refractivity contribution in [2.75, 3.05) is 11.9 Å². The molecule has 0 aromatic heterocycles. The molecule has 216 valence electrons. The highest BCUT2D eigenvalue weighted by molar-refractivity contribution is 9.10. The van der Waals surface area contributed by atoms with Gasteiger partial charge >= 0.3 is 5.97 Å². The number of anilines is 1. The van der Waals surface area contributed by atoms with Crippen LogP contribution in [0.4, 0.5) is 11.4 Å². The van der Waals surface area contributed by atoms with Gasteiger partial charge in [-0.05, 0) is 86.0 Å². The van der Waals surface area contributed by atoms with Crippen LogP contribution in [-0.2, 0) is 11.3 Å². The first-order chi connectivity index (χ1) is 19.9. The molecular formula is C33H38BrN3O4. The maximum Gasteiger partial charge on any atom is 0.335 e. The van der Waals surface area contributed by atoms with Gasteiger partial charge in [-0.25, -0.2) is 9.79 Å². The van der Waals surface area contributed by atoms with E-state index in [1.807, 2.05) is 49.4 Å². The van der Waals surface area contributed by atoms with Gasteiger partial charge in [0.2, 0.25) is 5.90 Å². The van der Waals surface area contributed by atoms with E-state index in [4.69, 9.17) is 9.47 Å². The summed E-state index contributed by atoms with van der Waals surface area (Å²) in [4.78, 5) is 20.5. The van der Waals surface area contributed by atoms with E-state index < -0.39 is 5.97 Å². The number of carbonyl (C=O) groups is 1. The van der Waals surface area contributed by atoms with Crippen molar-refractivity contribution < 1.29 is 19.4 Å². The Labute approximate surface area is 251 Å². The van der Waals surface area contributed by atoms with E-state index in [-0.39, 0.29) is 5.56 Å². The van der Waals surface area contributed by atoms with Gasteiger partial charge in [-0.1, -0.05) is 49.2 Å². The zero-order valence-electron chi connectivity index (χ0n) is 23.9. The van der Waals surface area contributed by atoms with E-state index in [9.17, 15) is 9.90 Å². The van der Waals surface area contributed by atoms with Crippen LogP contribution in [0.2, 0.25) is 0 Å². The van der Waals surface area contributed by atoms with Crippen LogP contribution in [0.3, 0.4) is 0 Å². The van der Waals surface area contributed by atoms with Crippen LogP contribution in [0.25, 0.3) is 0 Å².